The number of aromatic nitrogens is 2. The van der Waals surface area contributed by atoms with Crippen LogP contribution in [0.3, 0.4) is 0 Å². The van der Waals surface area contributed by atoms with Crippen molar-refractivity contribution in [3.63, 3.8) is 0 Å². The van der Waals surface area contributed by atoms with Gasteiger partial charge in [-0.1, -0.05) is 0 Å². The molecule has 0 unspecified atom stereocenters. The lowest BCUT2D eigenvalue weighted by atomic mass is 10.1. The average molecular weight is 301 g/mol. The molecular formula is C11H6F3N3O4. The maximum atomic E-state index is 12.8. The van der Waals surface area contributed by atoms with E-state index in [0.29, 0.717) is 6.07 Å². The van der Waals surface area contributed by atoms with Crippen molar-refractivity contribution < 1.29 is 28.0 Å². The van der Waals surface area contributed by atoms with Crippen LogP contribution < -0.4 is 0 Å². The number of alkyl halides is 3. The Bertz CT molecular complexity index is 724. The lowest BCUT2D eigenvalue weighted by Gasteiger charge is -2.11. The molecule has 0 amide bonds. The van der Waals surface area contributed by atoms with Crippen LogP contribution in [0.4, 0.5) is 19.0 Å². The van der Waals surface area contributed by atoms with Gasteiger partial charge in [-0.05, 0) is 23.1 Å². The van der Waals surface area contributed by atoms with E-state index in [1.54, 1.807) is 0 Å². The Hall–Kier alpha value is -2.91. The van der Waals surface area contributed by atoms with E-state index in [0.717, 1.165) is 29.1 Å². The van der Waals surface area contributed by atoms with Gasteiger partial charge in [-0.2, -0.15) is 13.2 Å². The quantitative estimate of drug-likeness (QED) is 0.693. The smallest absolute Gasteiger partial charge is 0.417 e. The molecule has 1 aromatic heterocycles. The number of benzene rings is 1. The summed E-state index contributed by atoms with van der Waals surface area (Å²) < 4.78 is 39.4. The molecule has 0 saturated carbocycles. The van der Waals surface area contributed by atoms with Gasteiger partial charge in [0.05, 0.1) is 34.2 Å². The maximum Gasteiger partial charge on any atom is 0.417 e. The van der Waals surface area contributed by atoms with Gasteiger partial charge in [-0.25, -0.2) is 4.79 Å². The second-order valence-corrected chi connectivity index (χ2v) is 3.91. The highest BCUT2D eigenvalue weighted by Crippen LogP contribution is 2.33. The van der Waals surface area contributed by atoms with Gasteiger partial charge in [0.1, 0.15) is 0 Å². The minimum Gasteiger partial charge on any atom is -0.478 e. The van der Waals surface area contributed by atoms with E-state index in [4.69, 9.17) is 5.11 Å². The molecule has 1 heterocycles. The molecule has 0 radical (unpaired) electrons. The second kappa shape index (κ2) is 4.89. The molecule has 2 rings (SSSR count). The van der Waals surface area contributed by atoms with Gasteiger partial charge in [0.15, 0.2) is 0 Å². The third-order valence-electron chi connectivity index (χ3n) is 2.57. The maximum absolute atomic E-state index is 12.8. The van der Waals surface area contributed by atoms with Crippen LogP contribution in [0.25, 0.3) is 5.69 Å². The lowest BCUT2D eigenvalue weighted by Crippen LogP contribution is -2.14. The monoisotopic (exact) mass is 301 g/mol. The molecule has 0 bridgehead atoms. The SMILES string of the molecule is O=C(O)c1ccc(-n2ccc([N+](=O)[O-])n2)cc1C(F)(F)F. The zero-order valence-electron chi connectivity index (χ0n) is 10.0. The van der Waals surface area contributed by atoms with Gasteiger partial charge in [-0.3, -0.25) is 0 Å². The van der Waals surface area contributed by atoms with Gasteiger partial charge in [0, 0.05) is 0 Å². The number of nitrogens with zero attached hydrogens (tertiary/aromatic N) is 3. The summed E-state index contributed by atoms with van der Waals surface area (Å²) in [7, 11) is 0. The number of nitro groups is 1. The van der Waals surface area contributed by atoms with E-state index >= 15 is 0 Å². The van der Waals surface area contributed by atoms with Crippen LogP contribution in [-0.4, -0.2) is 25.8 Å². The van der Waals surface area contributed by atoms with Crippen molar-refractivity contribution >= 4 is 11.8 Å². The zero-order valence-corrected chi connectivity index (χ0v) is 10.0. The zero-order chi connectivity index (χ0) is 15.8. The van der Waals surface area contributed by atoms with Crippen LogP contribution in [0, 0.1) is 10.1 Å². The molecular weight excluding hydrogens is 295 g/mol. The Morgan fingerprint density at radius 3 is 2.48 bits per heavy atom. The second-order valence-electron chi connectivity index (χ2n) is 3.91. The highest BCUT2D eigenvalue weighted by atomic mass is 19.4. The van der Waals surface area contributed by atoms with E-state index in [2.05, 4.69) is 5.10 Å². The Morgan fingerprint density at radius 2 is 2.00 bits per heavy atom. The molecule has 21 heavy (non-hydrogen) atoms. The summed E-state index contributed by atoms with van der Waals surface area (Å²) in [6.45, 7) is 0. The number of hydrogen-bond donors (Lipinski definition) is 1. The third-order valence-corrected chi connectivity index (χ3v) is 2.57. The highest BCUT2D eigenvalue weighted by Gasteiger charge is 2.36. The van der Waals surface area contributed by atoms with Crippen molar-refractivity contribution in [2.45, 2.75) is 6.18 Å². The summed E-state index contributed by atoms with van der Waals surface area (Å²) in [6.07, 6.45) is -3.77. The molecule has 0 fully saturated rings. The van der Waals surface area contributed by atoms with Crippen molar-refractivity contribution in [1.82, 2.24) is 9.78 Å². The van der Waals surface area contributed by atoms with Gasteiger partial charge in [-0.15, -0.1) is 4.68 Å². The van der Waals surface area contributed by atoms with Gasteiger partial charge in [0.25, 0.3) is 0 Å². The number of halogens is 3. The van der Waals surface area contributed by atoms with Crippen molar-refractivity contribution in [3.8, 4) is 5.69 Å². The van der Waals surface area contributed by atoms with E-state index in [9.17, 15) is 28.1 Å². The summed E-state index contributed by atoms with van der Waals surface area (Å²) in [5, 5.41) is 22.7. The number of carboxylic acids is 1. The minimum atomic E-state index is -4.87. The van der Waals surface area contributed by atoms with Crippen molar-refractivity contribution in [1.29, 1.82) is 0 Å². The van der Waals surface area contributed by atoms with Crippen molar-refractivity contribution in [2.24, 2.45) is 0 Å². The summed E-state index contributed by atoms with van der Waals surface area (Å²) in [5.74, 6) is -2.26. The largest absolute Gasteiger partial charge is 0.478 e. The van der Waals surface area contributed by atoms with Crippen LogP contribution in [0.5, 0.6) is 0 Å². The predicted octanol–water partition coefficient (Wildman–Crippen LogP) is 2.50. The van der Waals surface area contributed by atoms with Crippen LogP contribution in [-0.2, 0) is 6.18 Å². The summed E-state index contributed by atoms with van der Waals surface area (Å²) in [4.78, 5) is 20.5. The Kier molecular flexibility index (Phi) is 3.37. The lowest BCUT2D eigenvalue weighted by molar-refractivity contribution is -0.389. The number of rotatable bonds is 3. The minimum absolute atomic E-state index is 0.138. The number of carbonyl (C=O) groups is 1. The van der Waals surface area contributed by atoms with Crippen LogP contribution in [0.2, 0.25) is 0 Å². The molecule has 0 atom stereocenters. The molecule has 0 spiro atoms. The third kappa shape index (κ3) is 2.83. The molecule has 0 aliphatic heterocycles. The van der Waals surface area contributed by atoms with Crippen LogP contribution in [0.15, 0.2) is 30.5 Å². The molecule has 0 saturated heterocycles. The number of aromatic carboxylic acids is 1. The van der Waals surface area contributed by atoms with E-state index in [1.165, 1.54) is 0 Å². The molecule has 7 nitrogen and oxygen atoms in total. The Labute approximate surface area is 114 Å². The molecule has 0 aliphatic carbocycles. The first-order valence-electron chi connectivity index (χ1n) is 5.35. The van der Waals surface area contributed by atoms with Gasteiger partial charge in [0.2, 0.25) is 0 Å². The fraction of sp³-hybridized carbons (Fsp3) is 0.0909. The van der Waals surface area contributed by atoms with E-state index < -0.39 is 34.0 Å². The summed E-state index contributed by atoms with van der Waals surface area (Å²) in [6, 6.07) is 3.43. The van der Waals surface area contributed by atoms with E-state index in [-0.39, 0.29) is 5.69 Å². The first-order valence-corrected chi connectivity index (χ1v) is 5.35. The number of carboxylic acid groups (broad SMARTS) is 1. The van der Waals surface area contributed by atoms with Gasteiger partial charge < -0.3 is 15.2 Å². The molecule has 0 aliphatic rings. The summed E-state index contributed by atoms with van der Waals surface area (Å²) in [5.41, 5.74) is -2.40. The first kappa shape index (κ1) is 14.5. The first-order chi connectivity index (χ1) is 9.70. The normalized spacial score (nSPS) is 11.4. The molecule has 1 aromatic carbocycles. The van der Waals surface area contributed by atoms with Gasteiger partial charge >= 0.3 is 18.0 Å². The van der Waals surface area contributed by atoms with Crippen molar-refractivity contribution in [2.75, 3.05) is 0 Å². The molecule has 110 valence electrons. The molecule has 2 aromatic rings. The predicted molar refractivity (Wildman–Crippen MR) is 62.2 cm³/mol. The van der Waals surface area contributed by atoms with E-state index in [1.807, 2.05) is 0 Å². The summed E-state index contributed by atoms with van der Waals surface area (Å²) >= 11 is 0. The Balaban J connectivity index is 2.56. The van der Waals surface area contributed by atoms with Crippen LogP contribution in [0.1, 0.15) is 15.9 Å². The molecule has 1 N–H and O–H groups in total. The topological polar surface area (TPSA) is 98.3 Å². The van der Waals surface area contributed by atoms with Crippen molar-refractivity contribution in [3.05, 3.63) is 51.7 Å². The molecule has 10 heteroatoms. The van der Waals surface area contributed by atoms with Crippen LogP contribution >= 0.6 is 0 Å². The fourth-order valence-electron chi connectivity index (χ4n) is 1.65. The Morgan fingerprint density at radius 1 is 1.33 bits per heavy atom. The highest BCUT2D eigenvalue weighted by molar-refractivity contribution is 5.90. The number of hydrogen-bond acceptors (Lipinski definition) is 4. The fourth-order valence-corrected chi connectivity index (χ4v) is 1.65. The average Bonchev–Trinajstić information content (AvgIpc) is 2.86. The standard InChI is InChI=1S/C11H6F3N3O4/c12-11(13,14)8-5-6(1-2-7(8)10(18)19)16-4-3-9(15-16)17(20)21/h1-5H,(H,18,19).